The van der Waals surface area contributed by atoms with Crippen LogP contribution in [0.25, 0.3) is 0 Å². The zero-order valence-electron chi connectivity index (χ0n) is 16.3. The molecule has 0 radical (unpaired) electrons. The lowest BCUT2D eigenvalue weighted by Crippen LogP contribution is -2.37. The van der Waals surface area contributed by atoms with E-state index in [9.17, 15) is 14.4 Å². The van der Waals surface area contributed by atoms with Crippen molar-refractivity contribution in [2.75, 3.05) is 26.2 Å². The smallest absolute Gasteiger partial charge is 0.290 e. The largest absolute Gasteiger partial charge is 0.483 e. The first-order valence-corrected chi connectivity index (χ1v) is 9.44. The van der Waals surface area contributed by atoms with Gasteiger partial charge in [0, 0.05) is 44.0 Å². The zero-order valence-corrected chi connectivity index (χ0v) is 16.3. The molecule has 1 saturated heterocycles. The number of nitrogens with one attached hydrogen (secondary N) is 1. The van der Waals surface area contributed by atoms with E-state index in [1.54, 1.807) is 4.90 Å². The van der Waals surface area contributed by atoms with Gasteiger partial charge in [-0.1, -0.05) is 25.1 Å². The molecule has 2 amide bonds. The summed E-state index contributed by atoms with van der Waals surface area (Å²) < 4.78 is 0. The maximum atomic E-state index is 12.9. The number of H-pyrrole nitrogens is 1. The molecule has 1 fully saturated rings. The minimum atomic E-state index is -0.250. The number of aromatic amines is 1. The molecule has 154 valence electrons. The molecule has 8 nitrogen and oxygen atoms in total. The highest BCUT2D eigenvalue weighted by Gasteiger charge is 2.24. The van der Waals surface area contributed by atoms with E-state index in [4.69, 9.17) is 9.90 Å². The van der Waals surface area contributed by atoms with E-state index in [2.05, 4.69) is 4.98 Å². The van der Waals surface area contributed by atoms with Gasteiger partial charge in [0.2, 0.25) is 5.56 Å². The molecule has 1 aromatic heterocycles. The Balaban J connectivity index is 0.000000941. The summed E-state index contributed by atoms with van der Waals surface area (Å²) in [6.45, 7) is 4.01. The molecule has 1 aromatic carbocycles. The quantitative estimate of drug-likeness (QED) is 0.762. The molecule has 29 heavy (non-hydrogen) atoms. The van der Waals surface area contributed by atoms with Crippen molar-refractivity contribution in [3.8, 4) is 0 Å². The molecule has 2 heterocycles. The average Bonchev–Trinajstić information content (AvgIpc) is 3.00. The Labute approximate surface area is 168 Å². The van der Waals surface area contributed by atoms with E-state index >= 15 is 0 Å². The Morgan fingerprint density at radius 3 is 2.24 bits per heavy atom. The second-order valence-electron chi connectivity index (χ2n) is 6.50. The van der Waals surface area contributed by atoms with Gasteiger partial charge in [0.15, 0.2) is 0 Å². The van der Waals surface area contributed by atoms with Crippen LogP contribution in [0.1, 0.15) is 39.6 Å². The van der Waals surface area contributed by atoms with E-state index in [0.29, 0.717) is 31.7 Å². The fourth-order valence-corrected chi connectivity index (χ4v) is 3.26. The van der Waals surface area contributed by atoms with Crippen LogP contribution in [0, 0.1) is 0 Å². The van der Waals surface area contributed by atoms with Crippen LogP contribution in [0.15, 0.2) is 47.4 Å². The summed E-state index contributed by atoms with van der Waals surface area (Å²) in [7, 11) is 0. The molecular formula is C21H25N3O5. The molecule has 0 spiro atoms. The van der Waals surface area contributed by atoms with E-state index in [-0.39, 0.29) is 23.8 Å². The second-order valence-corrected chi connectivity index (χ2v) is 6.50. The summed E-state index contributed by atoms with van der Waals surface area (Å²) >= 11 is 0. The van der Waals surface area contributed by atoms with Crippen molar-refractivity contribution in [3.05, 3.63) is 69.6 Å². The van der Waals surface area contributed by atoms with E-state index in [0.717, 1.165) is 24.0 Å². The molecule has 3 rings (SSSR count). The number of carbonyl (C=O) groups is 3. The Morgan fingerprint density at radius 1 is 1.03 bits per heavy atom. The fourth-order valence-electron chi connectivity index (χ4n) is 3.26. The highest BCUT2D eigenvalue weighted by Crippen LogP contribution is 2.15. The first-order valence-electron chi connectivity index (χ1n) is 9.44. The molecule has 0 atom stereocenters. The van der Waals surface area contributed by atoms with Gasteiger partial charge in [-0.2, -0.15) is 0 Å². The normalized spacial score (nSPS) is 13.7. The number of pyridine rings is 1. The SMILES string of the molecule is CCc1ccccc1C(=O)N1CCCN(C(=O)c2ccc(=O)[nH]c2)CC1.O=CO. The third kappa shape index (κ3) is 5.78. The maximum absolute atomic E-state index is 12.9. The second kappa shape index (κ2) is 10.8. The van der Waals surface area contributed by atoms with Crippen LogP contribution in [-0.2, 0) is 11.2 Å². The first-order chi connectivity index (χ1) is 14.0. The number of aryl methyl sites for hydroxylation is 1. The van der Waals surface area contributed by atoms with Gasteiger partial charge in [-0.3, -0.25) is 19.2 Å². The number of hydrogen-bond donors (Lipinski definition) is 2. The van der Waals surface area contributed by atoms with Gasteiger partial charge < -0.3 is 19.9 Å². The Morgan fingerprint density at radius 2 is 1.66 bits per heavy atom. The van der Waals surface area contributed by atoms with Crippen molar-refractivity contribution in [1.82, 2.24) is 14.8 Å². The lowest BCUT2D eigenvalue weighted by atomic mass is 10.0. The molecule has 0 aliphatic carbocycles. The number of rotatable bonds is 3. The number of hydrogen-bond acceptors (Lipinski definition) is 4. The highest BCUT2D eigenvalue weighted by atomic mass is 16.3. The first kappa shape index (κ1) is 21.9. The molecule has 2 N–H and O–H groups in total. The van der Waals surface area contributed by atoms with Gasteiger partial charge in [0.05, 0.1) is 5.56 Å². The number of nitrogens with zero attached hydrogens (tertiary/aromatic N) is 2. The molecule has 0 unspecified atom stereocenters. The summed E-state index contributed by atoms with van der Waals surface area (Å²) in [5.41, 5.74) is 2.02. The summed E-state index contributed by atoms with van der Waals surface area (Å²) in [5, 5.41) is 6.89. The van der Waals surface area contributed by atoms with Crippen LogP contribution in [0.2, 0.25) is 0 Å². The standard InChI is InChI=1S/C20H23N3O3.CH2O2/c1-2-15-6-3-4-7-17(15)20(26)23-11-5-10-22(12-13-23)19(25)16-8-9-18(24)21-14-16;2-1-3/h3-4,6-9,14H,2,5,10-13H2,1H3,(H,21,24);1H,(H,2,3). The summed E-state index contributed by atoms with van der Waals surface area (Å²) in [6.07, 6.45) is 2.98. The number of carboxylic acid groups (broad SMARTS) is 1. The molecule has 0 bridgehead atoms. The fraction of sp³-hybridized carbons (Fsp3) is 0.333. The lowest BCUT2D eigenvalue weighted by Gasteiger charge is -2.23. The minimum Gasteiger partial charge on any atom is -0.483 e. The van der Waals surface area contributed by atoms with Crippen molar-refractivity contribution >= 4 is 18.3 Å². The Hall–Kier alpha value is -3.42. The molecule has 0 saturated carbocycles. The number of benzene rings is 1. The number of aromatic nitrogens is 1. The van der Waals surface area contributed by atoms with Crippen LogP contribution in [0.5, 0.6) is 0 Å². The van der Waals surface area contributed by atoms with Gasteiger partial charge in [-0.25, -0.2) is 0 Å². The van der Waals surface area contributed by atoms with Crippen LogP contribution < -0.4 is 5.56 Å². The van der Waals surface area contributed by atoms with Gasteiger partial charge in [-0.05, 0) is 30.5 Å². The lowest BCUT2D eigenvalue weighted by molar-refractivity contribution is -0.122. The summed E-state index contributed by atoms with van der Waals surface area (Å²) in [6, 6.07) is 10.6. The third-order valence-electron chi connectivity index (χ3n) is 4.73. The van der Waals surface area contributed by atoms with Gasteiger partial charge in [0.1, 0.15) is 0 Å². The summed E-state index contributed by atoms with van der Waals surface area (Å²) in [4.78, 5) is 51.1. The van der Waals surface area contributed by atoms with Crippen molar-refractivity contribution in [2.45, 2.75) is 19.8 Å². The number of amides is 2. The van der Waals surface area contributed by atoms with Crippen LogP contribution in [0.4, 0.5) is 0 Å². The van der Waals surface area contributed by atoms with Crippen molar-refractivity contribution < 1.29 is 19.5 Å². The third-order valence-corrected chi connectivity index (χ3v) is 4.73. The minimum absolute atomic E-state index is 0.0285. The topological polar surface area (TPSA) is 111 Å². The molecular weight excluding hydrogens is 374 g/mol. The van der Waals surface area contributed by atoms with Crippen molar-refractivity contribution in [1.29, 1.82) is 0 Å². The number of carbonyl (C=O) groups excluding carboxylic acids is 2. The Kier molecular flexibility index (Phi) is 8.14. The molecule has 1 aliphatic heterocycles. The predicted molar refractivity (Wildman–Crippen MR) is 108 cm³/mol. The van der Waals surface area contributed by atoms with Crippen LogP contribution in [0.3, 0.4) is 0 Å². The van der Waals surface area contributed by atoms with Crippen molar-refractivity contribution in [3.63, 3.8) is 0 Å². The van der Waals surface area contributed by atoms with Gasteiger partial charge in [-0.15, -0.1) is 0 Å². The molecule has 2 aromatic rings. The monoisotopic (exact) mass is 399 g/mol. The summed E-state index contributed by atoms with van der Waals surface area (Å²) in [5.74, 6) is -0.0923. The predicted octanol–water partition coefficient (Wildman–Crippen LogP) is 1.63. The van der Waals surface area contributed by atoms with Crippen LogP contribution >= 0.6 is 0 Å². The Bertz CT molecular complexity index is 889. The zero-order chi connectivity index (χ0) is 21.2. The highest BCUT2D eigenvalue weighted by molar-refractivity contribution is 5.96. The molecule has 8 heteroatoms. The van der Waals surface area contributed by atoms with E-state index in [1.807, 2.05) is 36.1 Å². The van der Waals surface area contributed by atoms with Crippen molar-refractivity contribution in [2.24, 2.45) is 0 Å². The maximum Gasteiger partial charge on any atom is 0.290 e. The van der Waals surface area contributed by atoms with Gasteiger partial charge in [0.25, 0.3) is 18.3 Å². The van der Waals surface area contributed by atoms with E-state index in [1.165, 1.54) is 18.3 Å². The van der Waals surface area contributed by atoms with Gasteiger partial charge >= 0.3 is 0 Å². The van der Waals surface area contributed by atoms with E-state index < -0.39 is 0 Å². The van der Waals surface area contributed by atoms with Crippen LogP contribution in [-0.4, -0.2) is 64.4 Å². The molecule has 1 aliphatic rings. The average molecular weight is 399 g/mol.